The molecule has 0 saturated carbocycles. The summed E-state index contributed by atoms with van der Waals surface area (Å²) in [6, 6.07) is 11.1. The normalized spacial score (nSPS) is 11.6. The molecule has 2 aromatic rings. The van der Waals surface area contributed by atoms with E-state index in [2.05, 4.69) is 15.9 Å². The Balaban J connectivity index is 2.37. The molecular weight excluding hydrogens is 317 g/mol. The highest BCUT2D eigenvalue weighted by atomic mass is 79.9. The summed E-state index contributed by atoms with van der Waals surface area (Å²) >= 11 is 3.40. The van der Waals surface area contributed by atoms with Crippen LogP contribution in [-0.4, -0.2) is 0 Å². The zero-order chi connectivity index (χ0) is 14.0. The number of hydrogen-bond acceptors (Lipinski definition) is 0. The van der Waals surface area contributed by atoms with Crippen molar-refractivity contribution < 1.29 is 13.2 Å². The maximum absolute atomic E-state index is 12.5. The van der Waals surface area contributed by atoms with E-state index >= 15 is 0 Å². The van der Waals surface area contributed by atoms with Crippen LogP contribution in [0.4, 0.5) is 13.2 Å². The first-order valence-corrected chi connectivity index (χ1v) is 6.87. The molecule has 2 aromatic carbocycles. The Morgan fingerprint density at radius 2 is 1.53 bits per heavy atom. The van der Waals surface area contributed by atoms with Crippen molar-refractivity contribution in [2.24, 2.45) is 0 Å². The second kappa shape index (κ2) is 5.37. The molecule has 0 aliphatic carbocycles. The van der Waals surface area contributed by atoms with Gasteiger partial charge in [0.25, 0.3) is 0 Å². The van der Waals surface area contributed by atoms with Gasteiger partial charge in [-0.25, -0.2) is 0 Å². The van der Waals surface area contributed by atoms with Gasteiger partial charge >= 0.3 is 6.18 Å². The third kappa shape index (κ3) is 3.18. The summed E-state index contributed by atoms with van der Waals surface area (Å²) in [5.41, 5.74) is 3.39. The number of hydrogen-bond donors (Lipinski definition) is 0. The standard InChI is InChI=1S/C15H12BrF3/c1-10-2-3-12(8-13(10)9-16)11-4-6-14(7-5-11)15(17,18)19/h2-8H,9H2,1H3. The van der Waals surface area contributed by atoms with Crippen LogP contribution in [0.2, 0.25) is 0 Å². The highest BCUT2D eigenvalue weighted by molar-refractivity contribution is 9.08. The lowest BCUT2D eigenvalue weighted by Gasteiger charge is -2.09. The third-order valence-corrected chi connectivity index (χ3v) is 3.64. The molecule has 0 atom stereocenters. The van der Waals surface area contributed by atoms with Crippen molar-refractivity contribution in [2.75, 3.05) is 0 Å². The molecule has 0 unspecified atom stereocenters. The fourth-order valence-corrected chi connectivity index (χ4v) is 2.45. The third-order valence-electron chi connectivity index (χ3n) is 3.04. The van der Waals surface area contributed by atoms with Gasteiger partial charge in [-0.05, 0) is 41.3 Å². The highest BCUT2D eigenvalue weighted by Gasteiger charge is 2.29. The molecule has 0 aromatic heterocycles. The lowest BCUT2D eigenvalue weighted by Crippen LogP contribution is -2.04. The molecular formula is C15H12BrF3. The van der Waals surface area contributed by atoms with E-state index in [1.807, 2.05) is 25.1 Å². The Hall–Kier alpha value is -1.29. The van der Waals surface area contributed by atoms with Crippen LogP contribution in [0.5, 0.6) is 0 Å². The Bertz CT molecular complexity index is 571. The zero-order valence-electron chi connectivity index (χ0n) is 10.3. The van der Waals surface area contributed by atoms with E-state index in [-0.39, 0.29) is 0 Å². The van der Waals surface area contributed by atoms with E-state index in [0.717, 1.165) is 39.7 Å². The van der Waals surface area contributed by atoms with Crippen molar-refractivity contribution in [1.82, 2.24) is 0 Å². The van der Waals surface area contributed by atoms with Crippen LogP contribution in [0.25, 0.3) is 11.1 Å². The van der Waals surface area contributed by atoms with Gasteiger partial charge in [0.05, 0.1) is 5.56 Å². The van der Waals surface area contributed by atoms with Crippen molar-refractivity contribution in [3.8, 4) is 11.1 Å². The van der Waals surface area contributed by atoms with Crippen LogP contribution >= 0.6 is 15.9 Å². The van der Waals surface area contributed by atoms with Gasteiger partial charge in [-0.2, -0.15) is 13.2 Å². The van der Waals surface area contributed by atoms with Gasteiger partial charge in [0, 0.05) is 5.33 Å². The first kappa shape index (κ1) is 14.1. The molecule has 0 bridgehead atoms. The molecule has 0 amide bonds. The van der Waals surface area contributed by atoms with Crippen LogP contribution < -0.4 is 0 Å². The van der Waals surface area contributed by atoms with Crippen LogP contribution in [0.1, 0.15) is 16.7 Å². The Kier molecular flexibility index (Phi) is 3.99. The SMILES string of the molecule is Cc1ccc(-c2ccc(C(F)(F)F)cc2)cc1CBr. The van der Waals surface area contributed by atoms with Gasteiger partial charge in [-0.1, -0.05) is 46.3 Å². The van der Waals surface area contributed by atoms with Crippen molar-refractivity contribution in [3.63, 3.8) is 0 Å². The molecule has 0 fully saturated rings. The van der Waals surface area contributed by atoms with Gasteiger partial charge in [-0.15, -0.1) is 0 Å². The Morgan fingerprint density at radius 1 is 0.947 bits per heavy atom. The number of benzene rings is 2. The topological polar surface area (TPSA) is 0 Å². The minimum absolute atomic E-state index is 0.621. The average Bonchev–Trinajstić information content (AvgIpc) is 2.38. The van der Waals surface area contributed by atoms with Crippen LogP contribution in [0.3, 0.4) is 0 Å². The summed E-state index contributed by atoms with van der Waals surface area (Å²) in [5.74, 6) is 0. The highest BCUT2D eigenvalue weighted by Crippen LogP contribution is 2.31. The summed E-state index contributed by atoms with van der Waals surface area (Å²) in [6.07, 6.45) is -4.28. The van der Waals surface area contributed by atoms with Gasteiger partial charge in [0.15, 0.2) is 0 Å². The lowest BCUT2D eigenvalue weighted by atomic mass is 9.99. The molecule has 0 N–H and O–H groups in total. The second-order valence-corrected chi connectivity index (χ2v) is 4.91. The quantitative estimate of drug-likeness (QED) is 0.631. The molecule has 0 spiro atoms. The first-order valence-electron chi connectivity index (χ1n) is 5.75. The fourth-order valence-electron chi connectivity index (χ4n) is 1.85. The van der Waals surface area contributed by atoms with E-state index in [0.29, 0.717) is 0 Å². The van der Waals surface area contributed by atoms with E-state index in [4.69, 9.17) is 0 Å². The minimum Gasteiger partial charge on any atom is -0.166 e. The monoisotopic (exact) mass is 328 g/mol. The fraction of sp³-hybridized carbons (Fsp3) is 0.200. The Labute approximate surface area is 118 Å². The molecule has 19 heavy (non-hydrogen) atoms. The molecule has 0 heterocycles. The van der Waals surface area contributed by atoms with Crippen molar-refractivity contribution >= 4 is 15.9 Å². The second-order valence-electron chi connectivity index (χ2n) is 4.35. The van der Waals surface area contributed by atoms with Crippen molar-refractivity contribution in [2.45, 2.75) is 18.4 Å². The summed E-state index contributed by atoms with van der Waals surface area (Å²) in [4.78, 5) is 0. The predicted molar refractivity (Wildman–Crippen MR) is 74.2 cm³/mol. The Morgan fingerprint density at radius 3 is 2.05 bits per heavy atom. The molecule has 100 valence electrons. The number of halogens is 4. The molecule has 0 nitrogen and oxygen atoms in total. The molecule has 0 aliphatic heterocycles. The van der Waals surface area contributed by atoms with Crippen molar-refractivity contribution in [3.05, 3.63) is 59.2 Å². The number of rotatable bonds is 2. The molecule has 4 heteroatoms. The smallest absolute Gasteiger partial charge is 0.166 e. The van der Waals surface area contributed by atoms with E-state index in [1.165, 1.54) is 12.1 Å². The van der Waals surface area contributed by atoms with Gasteiger partial charge in [-0.3, -0.25) is 0 Å². The minimum atomic E-state index is -4.28. The lowest BCUT2D eigenvalue weighted by molar-refractivity contribution is -0.137. The van der Waals surface area contributed by atoms with Crippen LogP contribution in [-0.2, 0) is 11.5 Å². The van der Waals surface area contributed by atoms with Gasteiger partial charge in [0.2, 0.25) is 0 Å². The first-order chi connectivity index (χ1) is 8.91. The average molecular weight is 329 g/mol. The zero-order valence-corrected chi connectivity index (χ0v) is 11.8. The molecule has 2 rings (SSSR count). The van der Waals surface area contributed by atoms with Crippen molar-refractivity contribution in [1.29, 1.82) is 0 Å². The maximum Gasteiger partial charge on any atom is 0.416 e. The summed E-state index contributed by atoms with van der Waals surface area (Å²) in [6.45, 7) is 2.01. The molecule has 0 radical (unpaired) electrons. The summed E-state index contributed by atoms with van der Waals surface area (Å²) in [5, 5.41) is 0.729. The van der Waals surface area contributed by atoms with E-state index in [1.54, 1.807) is 0 Å². The molecule has 0 aliphatic rings. The van der Waals surface area contributed by atoms with Crippen LogP contribution in [0, 0.1) is 6.92 Å². The number of alkyl halides is 4. The predicted octanol–water partition coefficient (Wildman–Crippen LogP) is 5.58. The van der Waals surface area contributed by atoms with E-state index < -0.39 is 11.7 Å². The van der Waals surface area contributed by atoms with Gasteiger partial charge in [0.1, 0.15) is 0 Å². The molecule has 0 saturated heterocycles. The van der Waals surface area contributed by atoms with Crippen LogP contribution in [0.15, 0.2) is 42.5 Å². The van der Waals surface area contributed by atoms with Gasteiger partial charge < -0.3 is 0 Å². The van der Waals surface area contributed by atoms with E-state index in [9.17, 15) is 13.2 Å². The summed E-state index contributed by atoms with van der Waals surface area (Å²) in [7, 11) is 0. The number of aryl methyl sites for hydroxylation is 1. The maximum atomic E-state index is 12.5. The largest absolute Gasteiger partial charge is 0.416 e. The summed E-state index contributed by atoms with van der Waals surface area (Å²) < 4.78 is 37.5.